The van der Waals surface area contributed by atoms with Crippen molar-refractivity contribution in [2.45, 2.75) is 0 Å². The van der Waals surface area contributed by atoms with Crippen LogP contribution in [-0.4, -0.2) is 49.4 Å². The Kier molecular flexibility index (Phi) is 5.28. The second kappa shape index (κ2) is 7.18. The number of carbonyl (C=O) groups excluding carboxylic acids is 1. The van der Waals surface area contributed by atoms with Gasteiger partial charge in [-0.05, 0) is 36.5 Å². The van der Waals surface area contributed by atoms with E-state index in [1.165, 1.54) is 0 Å². The van der Waals surface area contributed by atoms with Gasteiger partial charge in [-0.2, -0.15) is 0 Å². The van der Waals surface area contributed by atoms with Crippen LogP contribution >= 0.6 is 12.2 Å². The fraction of sp³-hybridized carbons (Fsp3) is 0.385. The molecule has 0 radical (unpaired) electrons. The van der Waals surface area contributed by atoms with Gasteiger partial charge in [0, 0.05) is 18.7 Å². The smallest absolute Gasteiger partial charge is 0.257 e. The monoisotopic (exact) mass is 295 g/mol. The lowest BCUT2D eigenvalue weighted by Crippen LogP contribution is -2.52. The van der Waals surface area contributed by atoms with E-state index in [0.29, 0.717) is 24.5 Å². The fourth-order valence-electron chi connectivity index (χ4n) is 1.76. The Bertz CT molecular complexity index is 472. The highest BCUT2D eigenvalue weighted by Crippen LogP contribution is 2.10. The van der Waals surface area contributed by atoms with E-state index in [1.54, 1.807) is 31.4 Å². The minimum atomic E-state index is -0.251. The number of benzene rings is 1. The van der Waals surface area contributed by atoms with Crippen molar-refractivity contribution < 1.29 is 14.3 Å². The van der Waals surface area contributed by atoms with Gasteiger partial charge in [-0.15, -0.1) is 0 Å². The Hall–Kier alpha value is -1.70. The van der Waals surface area contributed by atoms with Gasteiger partial charge in [-0.3, -0.25) is 15.5 Å². The summed E-state index contributed by atoms with van der Waals surface area (Å²) in [4.78, 5) is 12.0. The van der Waals surface area contributed by atoms with Gasteiger partial charge in [0.15, 0.2) is 5.11 Å². The van der Waals surface area contributed by atoms with Crippen molar-refractivity contribution >= 4 is 23.2 Å². The van der Waals surface area contributed by atoms with Crippen LogP contribution in [0.25, 0.3) is 0 Å². The van der Waals surface area contributed by atoms with Crippen molar-refractivity contribution in [1.29, 1.82) is 0 Å². The average molecular weight is 295 g/mol. The van der Waals surface area contributed by atoms with E-state index in [-0.39, 0.29) is 11.0 Å². The second-order valence-corrected chi connectivity index (χ2v) is 4.63. The molecule has 20 heavy (non-hydrogen) atoms. The van der Waals surface area contributed by atoms with Crippen molar-refractivity contribution in [2.24, 2.45) is 0 Å². The molecule has 0 aliphatic carbocycles. The molecule has 0 spiro atoms. The molecule has 2 N–H and O–H groups in total. The van der Waals surface area contributed by atoms with Gasteiger partial charge in [0.2, 0.25) is 0 Å². The second-order valence-electron chi connectivity index (χ2n) is 4.22. The predicted molar refractivity (Wildman–Crippen MR) is 78.6 cm³/mol. The van der Waals surface area contributed by atoms with Crippen LogP contribution in [0.2, 0.25) is 0 Å². The molecule has 0 unspecified atom stereocenters. The minimum Gasteiger partial charge on any atom is -0.497 e. The lowest BCUT2D eigenvalue weighted by Gasteiger charge is -2.27. The number of hydrogen-bond acceptors (Lipinski definition) is 5. The Morgan fingerprint density at radius 2 is 1.95 bits per heavy atom. The van der Waals surface area contributed by atoms with Crippen LogP contribution in [0.4, 0.5) is 0 Å². The Morgan fingerprint density at radius 3 is 2.55 bits per heavy atom. The van der Waals surface area contributed by atoms with Gasteiger partial charge in [-0.25, -0.2) is 5.01 Å². The molecule has 6 nitrogen and oxygen atoms in total. The third kappa shape index (κ3) is 4.16. The molecule has 7 heteroatoms. The number of ether oxygens (including phenoxy) is 2. The molecule has 0 atom stereocenters. The first-order valence-electron chi connectivity index (χ1n) is 6.28. The molecule has 1 fully saturated rings. The molecule has 1 aromatic carbocycles. The van der Waals surface area contributed by atoms with Crippen molar-refractivity contribution in [1.82, 2.24) is 15.8 Å². The number of morpholine rings is 1. The van der Waals surface area contributed by atoms with Gasteiger partial charge >= 0.3 is 0 Å². The normalized spacial score (nSPS) is 15.4. The number of amides is 1. The molecule has 0 bridgehead atoms. The maximum Gasteiger partial charge on any atom is 0.257 e. The number of thiocarbonyl (C=S) groups is 1. The number of rotatable bonds is 3. The summed E-state index contributed by atoms with van der Waals surface area (Å²) in [6, 6.07) is 6.83. The summed E-state index contributed by atoms with van der Waals surface area (Å²) in [7, 11) is 1.58. The predicted octanol–water partition coefficient (Wildman–Crippen LogP) is 0.547. The summed E-state index contributed by atoms with van der Waals surface area (Å²) >= 11 is 5.11. The highest BCUT2D eigenvalue weighted by molar-refractivity contribution is 7.80. The first-order chi connectivity index (χ1) is 9.69. The molecule has 1 heterocycles. The highest BCUT2D eigenvalue weighted by atomic mass is 32.1. The molecule has 1 aliphatic rings. The van der Waals surface area contributed by atoms with E-state index in [2.05, 4.69) is 10.7 Å². The summed E-state index contributed by atoms with van der Waals surface area (Å²) in [5.41, 5.74) is 3.50. The Balaban J connectivity index is 1.84. The van der Waals surface area contributed by atoms with Crippen molar-refractivity contribution in [3.8, 4) is 5.75 Å². The molecule has 108 valence electrons. The topological polar surface area (TPSA) is 62.8 Å². The number of methoxy groups -OCH3 is 1. The quantitative estimate of drug-likeness (QED) is 0.794. The first-order valence-corrected chi connectivity index (χ1v) is 6.68. The molecule has 0 saturated carbocycles. The number of nitrogens with one attached hydrogen (secondary N) is 2. The van der Waals surface area contributed by atoms with E-state index >= 15 is 0 Å². The third-order valence-electron chi connectivity index (χ3n) is 2.85. The summed E-state index contributed by atoms with van der Waals surface area (Å²) in [6.07, 6.45) is 0. The zero-order valence-corrected chi connectivity index (χ0v) is 12.0. The Labute approximate surface area is 123 Å². The fourth-order valence-corrected chi connectivity index (χ4v) is 1.99. The number of carbonyl (C=O) groups is 1. The third-order valence-corrected chi connectivity index (χ3v) is 3.04. The zero-order valence-electron chi connectivity index (χ0n) is 11.2. The van der Waals surface area contributed by atoms with E-state index in [4.69, 9.17) is 21.7 Å². The number of nitrogens with zero attached hydrogens (tertiary/aromatic N) is 1. The number of hydrazine groups is 1. The van der Waals surface area contributed by atoms with E-state index in [0.717, 1.165) is 13.1 Å². The van der Waals surface area contributed by atoms with Crippen LogP contribution in [0.1, 0.15) is 10.4 Å². The lowest BCUT2D eigenvalue weighted by molar-refractivity contribution is 0.0247. The van der Waals surface area contributed by atoms with E-state index < -0.39 is 0 Å². The van der Waals surface area contributed by atoms with Crippen molar-refractivity contribution in [3.63, 3.8) is 0 Å². The molecule has 1 saturated heterocycles. The minimum absolute atomic E-state index is 0.251. The van der Waals surface area contributed by atoms with Gasteiger partial charge < -0.3 is 9.47 Å². The van der Waals surface area contributed by atoms with Gasteiger partial charge in [0.05, 0.1) is 20.3 Å². The van der Waals surface area contributed by atoms with Crippen molar-refractivity contribution in [3.05, 3.63) is 29.8 Å². The lowest BCUT2D eigenvalue weighted by atomic mass is 10.2. The maximum atomic E-state index is 12.0. The summed E-state index contributed by atoms with van der Waals surface area (Å²) < 4.78 is 10.3. The summed E-state index contributed by atoms with van der Waals surface area (Å²) in [5, 5.41) is 4.84. The van der Waals surface area contributed by atoms with E-state index in [9.17, 15) is 4.79 Å². The van der Waals surface area contributed by atoms with Crippen molar-refractivity contribution in [2.75, 3.05) is 33.4 Å². The molecule has 1 aliphatic heterocycles. The maximum absolute atomic E-state index is 12.0. The molecular weight excluding hydrogens is 278 g/mol. The standard InChI is InChI=1S/C13H17N3O3S/c1-18-11-4-2-10(3-5-11)12(17)14-13(20)15-16-6-8-19-9-7-16/h2-5H,6-9H2,1H3,(H2,14,15,17,20). The molecule has 1 amide bonds. The van der Waals surface area contributed by atoms with Gasteiger partial charge in [-0.1, -0.05) is 0 Å². The van der Waals surface area contributed by atoms with Gasteiger partial charge in [0.1, 0.15) is 5.75 Å². The Morgan fingerprint density at radius 1 is 1.30 bits per heavy atom. The molecule has 2 rings (SSSR count). The van der Waals surface area contributed by atoms with Gasteiger partial charge in [0.25, 0.3) is 5.91 Å². The largest absolute Gasteiger partial charge is 0.497 e. The molecule has 0 aromatic heterocycles. The van der Waals surface area contributed by atoms with Crippen LogP contribution in [0.3, 0.4) is 0 Å². The van der Waals surface area contributed by atoms with Crippen LogP contribution in [0.5, 0.6) is 5.75 Å². The molecular formula is C13H17N3O3S. The highest BCUT2D eigenvalue weighted by Gasteiger charge is 2.13. The number of hydrogen-bond donors (Lipinski definition) is 2. The average Bonchev–Trinajstić information content (AvgIpc) is 2.48. The summed E-state index contributed by atoms with van der Waals surface area (Å²) in [5.74, 6) is 0.453. The van der Waals surface area contributed by atoms with Crippen LogP contribution in [0, 0.1) is 0 Å². The summed E-state index contributed by atoms with van der Waals surface area (Å²) in [6.45, 7) is 2.78. The van der Waals surface area contributed by atoms with E-state index in [1.807, 2.05) is 5.01 Å². The van der Waals surface area contributed by atoms with Crippen LogP contribution in [0.15, 0.2) is 24.3 Å². The van der Waals surface area contributed by atoms with Crippen LogP contribution in [-0.2, 0) is 4.74 Å². The molecule has 1 aromatic rings. The SMILES string of the molecule is COc1ccc(C(=O)NC(=S)NN2CCOCC2)cc1. The first kappa shape index (κ1) is 14.7. The zero-order chi connectivity index (χ0) is 14.4. The van der Waals surface area contributed by atoms with Crippen LogP contribution < -0.4 is 15.5 Å².